The predicted octanol–water partition coefficient (Wildman–Crippen LogP) is -1.69. The number of aliphatic carboxylic acids is 2. The molecule has 0 radical (unpaired) electrons. The van der Waals surface area contributed by atoms with Crippen LogP contribution in [0.4, 0.5) is 0 Å². The summed E-state index contributed by atoms with van der Waals surface area (Å²) in [6.07, 6.45) is -0.709. The fraction of sp³-hybridized carbons (Fsp3) is 0.500. The molecule has 13 nitrogen and oxygen atoms in total. The SMILES string of the molecule is CC(C)CC(NC(=O)C(CO)NC(=O)C(CC(=O)O)NC(=O)C(N)Cc1ccc(O)cc1)C(=O)O. The van der Waals surface area contributed by atoms with Crippen molar-refractivity contribution in [3.05, 3.63) is 29.8 Å². The number of rotatable bonds is 14. The molecular weight excluding hydrogens is 464 g/mol. The molecule has 0 fully saturated rings. The second kappa shape index (κ2) is 13.9. The van der Waals surface area contributed by atoms with Crippen LogP contribution in [0.15, 0.2) is 24.3 Å². The number of phenols is 1. The minimum absolute atomic E-state index is 0.0197. The number of phenolic OH excluding ortho intramolecular Hbond substituents is 1. The van der Waals surface area contributed by atoms with Crippen LogP contribution in [0, 0.1) is 5.92 Å². The Morgan fingerprint density at radius 3 is 1.86 bits per heavy atom. The Kier molecular flexibility index (Phi) is 11.6. The van der Waals surface area contributed by atoms with Gasteiger partial charge in [0.15, 0.2) is 0 Å². The summed E-state index contributed by atoms with van der Waals surface area (Å²) in [5.41, 5.74) is 6.46. The number of aromatic hydroxyl groups is 1. The minimum atomic E-state index is -1.63. The average molecular weight is 497 g/mol. The molecule has 0 aromatic heterocycles. The highest BCUT2D eigenvalue weighted by atomic mass is 16.4. The third-order valence-corrected chi connectivity index (χ3v) is 4.88. The van der Waals surface area contributed by atoms with E-state index < -0.39 is 66.9 Å². The summed E-state index contributed by atoms with van der Waals surface area (Å²) in [4.78, 5) is 60.1. The molecule has 4 atom stereocenters. The highest BCUT2D eigenvalue weighted by Gasteiger charge is 2.31. The number of hydrogen-bond acceptors (Lipinski definition) is 8. The zero-order valence-corrected chi connectivity index (χ0v) is 19.4. The third kappa shape index (κ3) is 10.4. The third-order valence-electron chi connectivity index (χ3n) is 4.88. The van der Waals surface area contributed by atoms with E-state index in [9.17, 15) is 39.3 Å². The van der Waals surface area contributed by atoms with E-state index in [1.165, 1.54) is 24.3 Å². The van der Waals surface area contributed by atoms with Crippen LogP contribution in [0.25, 0.3) is 0 Å². The summed E-state index contributed by atoms with van der Waals surface area (Å²) >= 11 is 0. The van der Waals surface area contributed by atoms with Gasteiger partial charge in [0.25, 0.3) is 0 Å². The zero-order valence-electron chi connectivity index (χ0n) is 19.4. The van der Waals surface area contributed by atoms with Crippen LogP contribution in [-0.4, -0.2) is 80.9 Å². The molecule has 0 spiro atoms. The first-order valence-electron chi connectivity index (χ1n) is 10.8. The van der Waals surface area contributed by atoms with Crippen molar-refractivity contribution < 1.29 is 44.4 Å². The molecule has 0 heterocycles. The Hall–Kier alpha value is -3.71. The van der Waals surface area contributed by atoms with Crippen molar-refractivity contribution in [1.29, 1.82) is 0 Å². The second-order valence-electron chi connectivity index (χ2n) is 8.41. The van der Waals surface area contributed by atoms with E-state index in [4.69, 9.17) is 10.8 Å². The van der Waals surface area contributed by atoms with E-state index in [1.807, 2.05) is 0 Å². The van der Waals surface area contributed by atoms with Crippen molar-refractivity contribution in [1.82, 2.24) is 16.0 Å². The zero-order chi connectivity index (χ0) is 26.7. The van der Waals surface area contributed by atoms with E-state index in [0.29, 0.717) is 5.56 Å². The quantitative estimate of drug-likeness (QED) is 0.146. The van der Waals surface area contributed by atoms with Gasteiger partial charge in [-0.05, 0) is 36.5 Å². The van der Waals surface area contributed by atoms with Gasteiger partial charge in [0.05, 0.1) is 19.1 Å². The lowest BCUT2D eigenvalue weighted by atomic mass is 10.0. The van der Waals surface area contributed by atoms with Crippen LogP contribution in [0.3, 0.4) is 0 Å². The van der Waals surface area contributed by atoms with Gasteiger partial charge in [0.1, 0.15) is 23.9 Å². The van der Waals surface area contributed by atoms with Crippen LogP contribution in [0.1, 0.15) is 32.3 Å². The van der Waals surface area contributed by atoms with E-state index in [2.05, 4.69) is 16.0 Å². The van der Waals surface area contributed by atoms with Gasteiger partial charge < -0.3 is 42.1 Å². The van der Waals surface area contributed by atoms with Crippen molar-refractivity contribution in [3.8, 4) is 5.75 Å². The molecule has 3 amide bonds. The van der Waals surface area contributed by atoms with Gasteiger partial charge in [0.2, 0.25) is 17.7 Å². The standard InChI is InChI=1S/C22H32N4O9/c1-11(2)7-16(22(34)35)25-21(33)17(10-27)26-20(32)15(9-18(29)30)24-19(31)14(23)8-12-3-5-13(28)6-4-12/h3-6,11,14-17,27-28H,7-10,23H2,1-2H3,(H,24,31)(H,25,33)(H,26,32)(H,29,30)(H,34,35). The molecule has 0 saturated carbocycles. The monoisotopic (exact) mass is 496 g/mol. The van der Waals surface area contributed by atoms with E-state index >= 15 is 0 Å². The van der Waals surface area contributed by atoms with Gasteiger partial charge in [-0.3, -0.25) is 19.2 Å². The topological polar surface area (TPSA) is 228 Å². The number of aliphatic hydroxyl groups is 1. The van der Waals surface area contributed by atoms with Crippen LogP contribution in [-0.2, 0) is 30.4 Å². The fourth-order valence-electron chi connectivity index (χ4n) is 3.07. The lowest BCUT2D eigenvalue weighted by molar-refractivity contribution is -0.143. The molecular formula is C22H32N4O9. The molecule has 0 aliphatic carbocycles. The Bertz CT molecular complexity index is 905. The minimum Gasteiger partial charge on any atom is -0.508 e. The van der Waals surface area contributed by atoms with Gasteiger partial charge >= 0.3 is 11.9 Å². The number of nitrogens with two attached hydrogens (primary N) is 1. The number of carbonyl (C=O) groups excluding carboxylic acids is 3. The molecule has 35 heavy (non-hydrogen) atoms. The Morgan fingerprint density at radius 1 is 0.857 bits per heavy atom. The maximum atomic E-state index is 12.6. The van der Waals surface area contributed by atoms with E-state index in [1.54, 1.807) is 13.8 Å². The second-order valence-corrected chi connectivity index (χ2v) is 8.41. The first-order valence-corrected chi connectivity index (χ1v) is 10.8. The Morgan fingerprint density at radius 2 is 1.37 bits per heavy atom. The Labute approximate surface area is 201 Å². The lowest BCUT2D eigenvalue weighted by Crippen LogP contribution is -2.58. The molecule has 1 aromatic rings. The number of carboxylic acid groups (broad SMARTS) is 2. The summed E-state index contributed by atoms with van der Waals surface area (Å²) < 4.78 is 0. The average Bonchev–Trinajstić information content (AvgIpc) is 2.76. The molecule has 9 N–H and O–H groups in total. The number of benzene rings is 1. The first kappa shape index (κ1) is 29.3. The maximum Gasteiger partial charge on any atom is 0.326 e. The lowest BCUT2D eigenvalue weighted by Gasteiger charge is -2.24. The number of carbonyl (C=O) groups is 5. The molecule has 13 heteroatoms. The number of aliphatic hydroxyl groups excluding tert-OH is 1. The van der Waals surface area contributed by atoms with Crippen molar-refractivity contribution in [2.24, 2.45) is 11.7 Å². The van der Waals surface area contributed by atoms with Crippen LogP contribution < -0.4 is 21.7 Å². The van der Waals surface area contributed by atoms with Crippen molar-refractivity contribution >= 4 is 29.7 Å². The van der Waals surface area contributed by atoms with Crippen LogP contribution in [0.2, 0.25) is 0 Å². The number of hydrogen-bond donors (Lipinski definition) is 8. The smallest absolute Gasteiger partial charge is 0.326 e. The summed E-state index contributed by atoms with van der Waals surface area (Å²) in [5.74, 6) is -5.68. The molecule has 0 bridgehead atoms. The first-order chi connectivity index (χ1) is 16.3. The summed E-state index contributed by atoms with van der Waals surface area (Å²) in [5, 5.41) is 43.8. The fourth-order valence-corrected chi connectivity index (χ4v) is 3.07. The van der Waals surface area contributed by atoms with Gasteiger partial charge in [-0.25, -0.2) is 4.79 Å². The highest BCUT2D eigenvalue weighted by Crippen LogP contribution is 2.11. The van der Waals surface area contributed by atoms with Gasteiger partial charge in [-0.2, -0.15) is 0 Å². The summed E-state index contributed by atoms with van der Waals surface area (Å²) in [7, 11) is 0. The van der Waals surface area contributed by atoms with Crippen molar-refractivity contribution in [2.45, 2.75) is 57.3 Å². The molecule has 194 valence electrons. The van der Waals surface area contributed by atoms with Gasteiger partial charge in [-0.1, -0.05) is 26.0 Å². The molecule has 4 unspecified atom stereocenters. The molecule has 0 saturated heterocycles. The largest absolute Gasteiger partial charge is 0.508 e. The molecule has 0 aliphatic heterocycles. The van der Waals surface area contributed by atoms with Crippen molar-refractivity contribution in [2.75, 3.05) is 6.61 Å². The van der Waals surface area contributed by atoms with E-state index in [-0.39, 0.29) is 24.5 Å². The number of nitrogens with one attached hydrogen (secondary N) is 3. The Balaban J connectivity index is 2.86. The molecule has 1 rings (SSSR count). The maximum absolute atomic E-state index is 12.6. The summed E-state index contributed by atoms with van der Waals surface area (Å²) in [6, 6.07) is 0.242. The van der Waals surface area contributed by atoms with Gasteiger partial charge in [-0.15, -0.1) is 0 Å². The highest BCUT2D eigenvalue weighted by molar-refractivity contribution is 5.95. The normalized spacial score (nSPS) is 14.3. The van der Waals surface area contributed by atoms with Crippen LogP contribution in [0.5, 0.6) is 5.75 Å². The van der Waals surface area contributed by atoms with Crippen LogP contribution >= 0.6 is 0 Å². The molecule has 1 aromatic carbocycles. The predicted molar refractivity (Wildman–Crippen MR) is 122 cm³/mol. The number of amides is 3. The van der Waals surface area contributed by atoms with Gasteiger partial charge in [0, 0.05) is 0 Å². The van der Waals surface area contributed by atoms with E-state index in [0.717, 1.165) is 0 Å². The molecule has 0 aliphatic rings. The summed E-state index contributed by atoms with van der Waals surface area (Å²) in [6.45, 7) is 2.59. The van der Waals surface area contributed by atoms with Crippen molar-refractivity contribution in [3.63, 3.8) is 0 Å². The number of carboxylic acids is 2.